The topological polar surface area (TPSA) is 37.3 Å². The number of carbonyl (C=O) groups excluding carboxylic acids is 1. The standard InChI is InChI=1S/C13H16O2/c1-8-7-13(2,3)11-6-9(14)4-5-10(11)12(8)15/h4-6,8,14H,7H2,1-3H3/t8-/m1/s1. The third-order valence-corrected chi connectivity index (χ3v) is 3.26. The summed E-state index contributed by atoms with van der Waals surface area (Å²) in [6.07, 6.45) is 0.849. The number of phenols is 1. The van der Waals surface area contributed by atoms with Crippen LogP contribution in [0.4, 0.5) is 0 Å². The predicted octanol–water partition coefficient (Wildman–Crippen LogP) is 2.89. The smallest absolute Gasteiger partial charge is 0.165 e. The van der Waals surface area contributed by atoms with Crippen molar-refractivity contribution >= 4 is 5.78 Å². The summed E-state index contributed by atoms with van der Waals surface area (Å²) >= 11 is 0. The van der Waals surface area contributed by atoms with E-state index >= 15 is 0 Å². The molecule has 1 aromatic carbocycles. The minimum Gasteiger partial charge on any atom is -0.508 e. The molecule has 0 heterocycles. The van der Waals surface area contributed by atoms with Gasteiger partial charge in [-0.3, -0.25) is 4.79 Å². The molecule has 0 saturated heterocycles. The zero-order valence-electron chi connectivity index (χ0n) is 9.37. The molecule has 0 aromatic heterocycles. The summed E-state index contributed by atoms with van der Waals surface area (Å²) in [6, 6.07) is 5.05. The van der Waals surface area contributed by atoms with E-state index in [1.807, 2.05) is 6.92 Å². The monoisotopic (exact) mass is 204 g/mol. The van der Waals surface area contributed by atoms with Gasteiger partial charge in [-0.2, -0.15) is 0 Å². The molecular weight excluding hydrogens is 188 g/mol. The first-order valence-electron chi connectivity index (χ1n) is 5.29. The van der Waals surface area contributed by atoms with Crippen LogP contribution in [0.25, 0.3) is 0 Å². The number of ketones is 1. The fraction of sp³-hybridized carbons (Fsp3) is 0.462. The summed E-state index contributed by atoms with van der Waals surface area (Å²) in [7, 11) is 0. The number of Topliss-reactive ketones (excluding diaryl/α,β-unsaturated/α-hetero) is 1. The van der Waals surface area contributed by atoms with E-state index in [0.717, 1.165) is 17.5 Å². The molecule has 1 aromatic rings. The molecule has 2 nitrogen and oxygen atoms in total. The van der Waals surface area contributed by atoms with E-state index in [9.17, 15) is 9.90 Å². The number of carbonyl (C=O) groups is 1. The molecule has 15 heavy (non-hydrogen) atoms. The van der Waals surface area contributed by atoms with E-state index < -0.39 is 0 Å². The van der Waals surface area contributed by atoms with E-state index in [1.54, 1.807) is 18.2 Å². The first-order valence-corrected chi connectivity index (χ1v) is 5.29. The lowest BCUT2D eigenvalue weighted by Gasteiger charge is -2.35. The van der Waals surface area contributed by atoms with Gasteiger partial charge in [-0.25, -0.2) is 0 Å². The van der Waals surface area contributed by atoms with E-state index in [4.69, 9.17) is 0 Å². The van der Waals surface area contributed by atoms with Crippen molar-refractivity contribution in [2.75, 3.05) is 0 Å². The van der Waals surface area contributed by atoms with Crippen LogP contribution in [-0.2, 0) is 5.41 Å². The Morgan fingerprint density at radius 2 is 2.07 bits per heavy atom. The van der Waals surface area contributed by atoms with Crippen molar-refractivity contribution in [1.29, 1.82) is 0 Å². The van der Waals surface area contributed by atoms with Crippen LogP contribution in [-0.4, -0.2) is 10.9 Å². The van der Waals surface area contributed by atoms with Gasteiger partial charge in [0.2, 0.25) is 0 Å². The van der Waals surface area contributed by atoms with Crippen LogP contribution < -0.4 is 0 Å². The number of hydrogen-bond donors (Lipinski definition) is 1. The Morgan fingerprint density at radius 3 is 2.73 bits per heavy atom. The summed E-state index contributed by atoms with van der Waals surface area (Å²) < 4.78 is 0. The van der Waals surface area contributed by atoms with E-state index in [-0.39, 0.29) is 22.9 Å². The van der Waals surface area contributed by atoms with Crippen LogP contribution in [0.1, 0.15) is 43.1 Å². The highest BCUT2D eigenvalue weighted by molar-refractivity contribution is 6.00. The van der Waals surface area contributed by atoms with Crippen molar-refractivity contribution in [3.8, 4) is 5.75 Å². The van der Waals surface area contributed by atoms with Gasteiger partial charge < -0.3 is 5.11 Å². The highest BCUT2D eigenvalue weighted by atomic mass is 16.3. The molecule has 0 saturated carbocycles. The van der Waals surface area contributed by atoms with Crippen LogP contribution >= 0.6 is 0 Å². The molecule has 1 N–H and O–H groups in total. The molecular formula is C13H16O2. The molecule has 2 rings (SSSR count). The lowest BCUT2D eigenvalue weighted by Crippen LogP contribution is -2.32. The van der Waals surface area contributed by atoms with Crippen LogP contribution in [0, 0.1) is 5.92 Å². The van der Waals surface area contributed by atoms with Crippen LogP contribution in [0.3, 0.4) is 0 Å². The Balaban J connectivity index is 2.64. The van der Waals surface area contributed by atoms with Crippen molar-refractivity contribution in [3.05, 3.63) is 29.3 Å². The highest BCUT2D eigenvalue weighted by Crippen LogP contribution is 2.40. The second kappa shape index (κ2) is 3.09. The maximum absolute atomic E-state index is 11.9. The molecule has 80 valence electrons. The van der Waals surface area contributed by atoms with Gasteiger partial charge in [-0.05, 0) is 35.6 Å². The maximum Gasteiger partial charge on any atom is 0.165 e. The van der Waals surface area contributed by atoms with Gasteiger partial charge in [0, 0.05) is 11.5 Å². The summed E-state index contributed by atoms with van der Waals surface area (Å²) in [6.45, 7) is 6.21. The van der Waals surface area contributed by atoms with Crippen LogP contribution in [0.5, 0.6) is 5.75 Å². The largest absolute Gasteiger partial charge is 0.508 e. The number of hydrogen-bond acceptors (Lipinski definition) is 2. The first kappa shape index (κ1) is 10.2. The average Bonchev–Trinajstić information content (AvgIpc) is 2.14. The van der Waals surface area contributed by atoms with Gasteiger partial charge in [-0.15, -0.1) is 0 Å². The Kier molecular flexibility index (Phi) is 2.10. The molecule has 0 aliphatic heterocycles. The molecule has 0 spiro atoms. The molecule has 0 unspecified atom stereocenters. The molecule has 0 radical (unpaired) electrons. The fourth-order valence-corrected chi connectivity index (χ4v) is 2.54. The molecule has 1 aliphatic rings. The second-order valence-corrected chi connectivity index (χ2v) is 5.08. The lowest BCUT2D eigenvalue weighted by atomic mass is 9.68. The third kappa shape index (κ3) is 1.54. The van der Waals surface area contributed by atoms with Crippen LogP contribution in [0.2, 0.25) is 0 Å². The summed E-state index contributed by atoms with van der Waals surface area (Å²) in [4.78, 5) is 11.9. The van der Waals surface area contributed by atoms with E-state index in [2.05, 4.69) is 13.8 Å². The van der Waals surface area contributed by atoms with Gasteiger partial charge in [-0.1, -0.05) is 20.8 Å². The van der Waals surface area contributed by atoms with Crippen molar-refractivity contribution in [3.63, 3.8) is 0 Å². The first-order chi connectivity index (χ1) is 6.92. The number of aromatic hydroxyl groups is 1. The quantitative estimate of drug-likeness (QED) is 0.705. The number of fused-ring (bicyclic) bond motifs is 1. The molecule has 0 bridgehead atoms. The number of rotatable bonds is 0. The summed E-state index contributed by atoms with van der Waals surface area (Å²) in [5, 5.41) is 9.46. The highest BCUT2D eigenvalue weighted by Gasteiger charge is 2.36. The Morgan fingerprint density at radius 1 is 1.40 bits per heavy atom. The zero-order chi connectivity index (χ0) is 11.2. The Hall–Kier alpha value is -1.31. The van der Waals surface area contributed by atoms with E-state index in [0.29, 0.717) is 0 Å². The Labute approximate surface area is 89.9 Å². The minimum atomic E-state index is -0.0264. The zero-order valence-corrected chi connectivity index (χ0v) is 9.37. The lowest BCUT2D eigenvalue weighted by molar-refractivity contribution is 0.0888. The normalized spacial score (nSPS) is 23.7. The minimum absolute atomic E-state index is 0.0264. The summed E-state index contributed by atoms with van der Waals surface area (Å²) in [5.74, 6) is 0.519. The molecule has 0 fully saturated rings. The van der Waals surface area contributed by atoms with Gasteiger partial charge in [0.15, 0.2) is 5.78 Å². The molecule has 1 atom stereocenters. The molecule has 0 amide bonds. The van der Waals surface area contributed by atoms with Crippen LogP contribution in [0.15, 0.2) is 18.2 Å². The van der Waals surface area contributed by atoms with Gasteiger partial charge >= 0.3 is 0 Å². The second-order valence-electron chi connectivity index (χ2n) is 5.08. The van der Waals surface area contributed by atoms with Crippen molar-refractivity contribution in [1.82, 2.24) is 0 Å². The average molecular weight is 204 g/mol. The number of benzene rings is 1. The van der Waals surface area contributed by atoms with Crippen molar-refractivity contribution in [2.45, 2.75) is 32.6 Å². The van der Waals surface area contributed by atoms with Gasteiger partial charge in [0.25, 0.3) is 0 Å². The van der Waals surface area contributed by atoms with Gasteiger partial charge in [0.1, 0.15) is 5.75 Å². The fourth-order valence-electron chi connectivity index (χ4n) is 2.54. The van der Waals surface area contributed by atoms with Crippen molar-refractivity contribution < 1.29 is 9.90 Å². The number of phenolic OH excluding ortho intramolecular Hbond substituents is 1. The molecule has 1 aliphatic carbocycles. The molecule has 2 heteroatoms. The third-order valence-electron chi connectivity index (χ3n) is 3.26. The SMILES string of the molecule is C[C@@H]1CC(C)(C)c2cc(O)ccc2C1=O. The predicted molar refractivity (Wildman–Crippen MR) is 59.2 cm³/mol. The van der Waals surface area contributed by atoms with E-state index in [1.165, 1.54) is 0 Å². The van der Waals surface area contributed by atoms with Crippen molar-refractivity contribution in [2.24, 2.45) is 5.92 Å². The maximum atomic E-state index is 11.9. The van der Waals surface area contributed by atoms with Gasteiger partial charge in [0.05, 0.1) is 0 Å². The Bertz CT molecular complexity index is 419. The summed E-state index contributed by atoms with van der Waals surface area (Å²) in [5.41, 5.74) is 1.73.